The first kappa shape index (κ1) is 116. The molecule has 3 rings (SSSR count). The van der Waals surface area contributed by atoms with Crippen molar-refractivity contribution in [2.75, 3.05) is 30.9 Å². The molecule has 38 heteroatoms. The molecule has 738 valence electrons. The normalized spacial score (nSPS) is 15.3. The first-order valence-corrected chi connectivity index (χ1v) is 48.3. The number of aromatic hydroxyl groups is 1. The number of hydrogen-bond donors (Lipinski definition) is 22. The van der Waals surface area contributed by atoms with Crippen LogP contribution < -0.4 is 97.0 Å². The second-order valence-corrected chi connectivity index (χ2v) is 38.1. The van der Waals surface area contributed by atoms with Gasteiger partial charge in [-0.3, -0.25) is 72.5 Å². The van der Waals surface area contributed by atoms with Crippen LogP contribution >= 0.6 is 24.4 Å². The van der Waals surface area contributed by atoms with Crippen molar-refractivity contribution in [1.29, 1.82) is 5.41 Å². The van der Waals surface area contributed by atoms with Crippen LogP contribution in [0.5, 0.6) is 5.75 Å². The molecule has 0 aliphatic rings. The minimum atomic E-state index is -1.52. The molecule has 0 saturated heterocycles. The Bertz CT molecular complexity index is 4170. The standard InChI is InChI=1S/C94H153N19O17S2/c1-18-58(15)77(92(128)109-71(47-56(11)12)88(124)113-78(93(129)130)59(16)19-2)112-81(117)66(39-42-132-17)101-82(118)67(43-52(3)4)102-83(119)68(44-53(5)6)103-85(121)70(46-55(9)10)108-91(127)76(57(13)14)111-89(125)74(49-61-31-24-21-25-32-61)107-86(122)72(48-60-29-22-20-23-30-60)106-87(123)73(50-62-35-37-63(114)38-36-62)105-84(120)69(45-54(7)8)104-90(126)75(51-131)110-80(116)65(34-28-41-99-94(97)98)100-79(115)64(96)33-26-27-40-95/h20-25,29-32,35-38,52-59,64-78,114,131H,18-19,26-28,33-34,39-51,95-96H2,1-17H3,(H,100,115)(H,101,118)(H,102,119)(H,103,121)(H,104,126)(H,105,120)(H,106,123)(H,107,122)(H,108,127)(H,109,128)(H,110,116)(H,111,125)(H,112,117)(H,113,124)(H,129,130)(H4,97,98,99)/t58-,59-,64-,65-,66-,67-,68-,69-,70-,71-,72-,73-,74-,75-,76-,77-,78-/m0/s1. The molecule has 0 bridgehead atoms. The maximum Gasteiger partial charge on any atom is 0.326 e. The number of benzene rings is 3. The zero-order valence-corrected chi connectivity index (χ0v) is 81.8. The number of nitrogens with one attached hydrogen (secondary N) is 16. The van der Waals surface area contributed by atoms with Gasteiger partial charge in [0.05, 0.1) is 6.04 Å². The minimum Gasteiger partial charge on any atom is -0.508 e. The molecule has 0 radical (unpaired) electrons. The molecule has 0 spiro atoms. The Morgan fingerprint density at radius 2 is 0.674 bits per heavy atom. The van der Waals surface area contributed by atoms with E-state index in [9.17, 15) is 63.0 Å². The fourth-order valence-electron chi connectivity index (χ4n) is 14.5. The van der Waals surface area contributed by atoms with Gasteiger partial charge in [0.15, 0.2) is 5.96 Å². The van der Waals surface area contributed by atoms with Gasteiger partial charge < -0.3 is 107 Å². The number of guanidine groups is 1. The van der Waals surface area contributed by atoms with Crippen LogP contribution in [0.25, 0.3) is 0 Å². The molecule has 0 aromatic heterocycles. The first-order chi connectivity index (χ1) is 62.3. The Balaban J connectivity index is 2.04. The highest BCUT2D eigenvalue weighted by atomic mass is 32.2. The van der Waals surface area contributed by atoms with Crippen LogP contribution in [0.2, 0.25) is 0 Å². The fourth-order valence-corrected chi connectivity index (χ4v) is 15.2. The monoisotopic (exact) mass is 1880 g/mol. The third-order valence-electron chi connectivity index (χ3n) is 22.3. The van der Waals surface area contributed by atoms with Crippen LogP contribution in [0.4, 0.5) is 0 Å². The summed E-state index contributed by atoms with van der Waals surface area (Å²) in [5.74, 6) is -15.2. The van der Waals surface area contributed by atoms with Crippen molar-refractivity contribution in [3.8, 4) is 5.75 Å². The number of phenolic OH excluding ortho intramolecular Hbond substituents is 1. The van der Waals surface area contributed by atoms with Gasteiger partial charge in [-0.2, -0.15) is 24.4 Å². The molecular formula is C94H153N19O17S2. The van der Waals surface area contributed by atoms with Gasteiger partial charge in [0.25, 0.3) is 0 Å². The first-order valence-electron chi connectivity index (χ1n) is 46.2. The van der Waals surface area contributed by atoms with Crippen LogP contribution in [0.15, 0.2) is 84.9 Å². The molecule has 0 aliphatic carbocycles. The van der Waals surface area contributed by atoms with Crippen LogP contribution in [0.1, 0.15) is 211 Å². The van der Waals surface area contributed by atoms with Gasteiger partial charge >= 0.3 is 5.97 Å². The summed E-state index contributed by atoms with van der Waals surface area (Å²) in [6.07, 6.45) is 4.17. The number of thiol groups is 1. The number of hydrogen-bond acceptors (Lipinski definition) is 21. The van der Waals surface area contributed by atoms with Gasteiger partial charge in [-0.1, -0.05) is 203 Å². The quantitative estimate of drug-likeness (QED) is 0.0166. The lowest BCUT2D eigenvalue weighted by Gasteiger charge is -2.31. The summed E-state index contributed by atoms with van der Waals surface area (Å²) >= 11 is 5.78. The molecule has 0 unspecified atom stereocenters. The number of amides is 14. The summed E-state index contributed by atoms with van der Waals surface area (Å²) in [4.78, 5) is 217. The number of carboxylic acids is 1. The Labute approximate surface area is 789 Å². The summed E-state index contributed by atoms with van der Waals surface area (Å²) in [6, 6.07) is 3.41. The van der Waals surface area contributed by atoms with Crippen LogP contribution in [-0.4, -0.2) is 226 Å². The fraction of sp³-hybridized carbons (Fsp3) is 0.638. The SMILES string of the molecule is CC[C@H](C)[C@H](NC(=O)[C@H](CC(C)C)NC(=O)[C@@H](NC(=O)[C@H](CCSC)NC(=O)[C@H](CC(C)C)NC(=O)[C@H](CC(C)C)NC(=O)[C@H](CC(C)C)NC(=O)[C@@H](NC(=O)[C@H](Cc1ccccc1)NC(=O)[C@H](Cc1ccccc1)NC(=O)[C@H](Cc1ccc(O)cc1)NC(=O)[C@H](CC(C)C)NC(=O)[C@H](CS)NC(=O)[C@H](CCCNC(=N)N)NC(=O)[C@@H](N)CCCCN)C(C)C)[C@@H](C)CC)C(=O)O. The van der Waals surface area contributed by atoms with Gasteiger partial charge in [0, 0.05) is 31.6 Å². The van der Waals surface area contributed by atoms with E-state index < -0.39 is 197 Å². The van der Waals surface area contributed by atoms with E-state index in [1.54, 1.807) is 109 Å². The van der Waals surface area contributed by atoms with Gasteiger partial charge in [0.1, 0.15) is 90.3 Å². The molecule has 3 aromatic rings. The summed E-state index contributed by atoms with van der Waals surface area (Å²) in [5, 5.41) is 69.4. The number of thioether (sulfide) groups is 1. The average Bonchev–Trinajstić information content (AvgIpc) is 0.821. The number of phenols is 1. The summed E-state index contributed by atoms with van der Waals surface area (Å²) in [7, 11) is 0. The molecule has 0 saturated carbocycles. The van der Waals surface area contributed by atoms with E-state index in [2.05, 4.69) is 92.4 Å². The second-order valence-electron chi connectivity index (χ2n) is 36.7. The van der Waals surface area contributed by atoms with Crippen molar-refractivity contribution < 1.29 is 82.1 Å². The third kappa shape index (κ3) is 43.0. The van der Waals surface area contributed by atoms with E-state index in [0.717, 1.165) is 0 Å². The van der Waals surface area contributed by atoms with Crippen molar-refractivity contribution in [1.82, 2.24) is 79.8 Å². The second kappa shape index (κ2) is 60.5. The summed E-state index contributed by atoms with van der Waals surface area (Å²) in [6.45, 7) is 29.1. The van der Waals surface area contributed by atoms with Crippen LogP contribution in [-0.2, 0) is 91.2 Å². The lowest BCUT2D eigenvalue weighted by Crippen LogP contribution is -2.62. The molecule has 132 heavy (non-hydrogen) atoms. The smallest absolute Gasteiger partial charge is 0.326 e. The van der Waals surface area contributed by atoms with Gasteiger partial charge in [-0.05, 0) is 159 Å². The molecule has 36 nitrogen and oxygen atoms in total. The minimum absolute atomic E-state index is 0.00260. The third-order valence-corrected chi connectivity index (χ3v) is 23.4. The molecular weight excluding hydrogens is 1730 g/mol. The lowest BCUT2D eigenvalue weighted by atomic mass is 9.95. The van der Waals surface area contributed by atoms with Crippen molar-refractivity contribution in [2.24, 2.45) is 64.5 Å². The lowest BCUT2D eigenvalue weighted by molar-refractivity contribution is -0.144. The number of unbranched alkanes of at least 4 members (excludes halogenated alkanes) is 1. The maximum absolute atomic E-state index is 15.4. The van der Waals surface area contributed by atoms with E-state index in [-0.39, 0.29) is 131 Å². The Hall–Kier alpha value is -10.6. The Kier molecular flexibility index (Phi) is 53.0. The highest BCUT2D eigenvalue weighted by Gasteiger charge is 2.41. The molecule has 0 heterocycles. The molecule has 17 atom stereocenters. The van der Waals surface area contributed by atoms with Gasteiger partial charge in [0.2, 0.25) is 82.7 Å². The van der Waals surface area contributed by atoms with E-state index >= 15 is 19.2 Å². The largest absolute Gasteiger partial charge is 0.508 e. The van der Waals surface area contributed by atoms with E-state index in [0.29, 0.717) is 54.7 Å². The van der Waals surface area contributed by atoms with E-state index in [1.807, 2.05) is 68.6 Å². The average molecular weight is 1890 g/mol. The molecule has 3 aromatic carbocycles. The number of aliphatic carboxylic acids is 1. The van der Waals surface area contributed by atoms with E-state index in [4.69, 9.17) is 22.6 Å². The predicted octanol–water partition coefficient (Wildman–Crippen LogP) is 3.67. The highest BCUT2D eigenvalue weighted by Crippen LogP contribution is 2.21. The van der Waals surface area contributed by atoms with Crippen LogP contribution in [0, 0.1) is 52.8 Å². The maximum atomic E-state index is 15.4. The van der Waals surface area contributed by atoms with Gasteiger partial charge in [-0.25, -0.2) is 4.79 Å². The molecule has 14 amide bonds. The molecule has 24 N–H and O–H groups in total. The zero-order chi connectivity index (χ0) is 99.2. The topological polar surface area (TPSA) is 579 Å². The highest BCUT2D eigenvalue weighted by molar-refractivity contribution is 7.98. The predicted molar refractivity (Wildman–Crippen MR) is 515 cm³/mol. The van der Waals surface area contributed by atoms with Crippen molar-refractivity contribution in [3.63, 3.8) is 0 Å². The Morgan fingerprint density at radius 3 is 1.05 bits per heavy atom. The van der Waals surface area contributed by atoms with Crippen molar-refractivity contribution in [2.45, 2.75) is 304 Å². The zero-order valence-electron chi connectivity index (χ0n) is 80.1. The van der Waals surface area contributed by atoms with Crippen molar-refractivity contribution in [3.05, 3.63) is 102 Å². The number of carboxylic acid groups (broad SMARTS) is 1. The van der Waals surface area contributed by atoms with Crippen molar-refractivity contribution >= 4 is 119 Å². The van der Waals surface area contributed by atoms with E-state index in [1.165, 1.54) is 36.0 Å². The van der Waals surface area contributed by atoms with Gasteiger partial charge in [-0.15, -0.1) is 0 Å². The number of carbonyl (C=O) groups excluding carboxylic acids is 14. The number of rotatable bonds is 62. The molecule has 0 aliphatic heterocycles. The summed E-state index contributed by atoms with van der Waals surface area (Å²) < 4.78 is 0. The Morgan fingerprint density at radius 1 is 0.371 bits per heavy atom. The van der Waals surface area contributed by atoms with Crippen LogP contribution in [0.3, 0.4) is 0 Å². The number of nitrogens with two attached hydrogens (primary N) is 3. The molecule has 0 fully saturated rings. The summed E-state index contributed by atoms with van der Waals surface area (Å²) in [5.41, 5.74) is 18.9. The number of carbonyl (C=O) groups is 15.